The van der Waals surface area contributed by atoms with E-state index < -0.39 is 0 Å². The van der Waals surface area contributed by atoms with Crippen molar-refractivity contribution in [2.24, 2.45) is 0 Å². The maximum absolute atomic E-state index is 5.81. The molecule has 6 nitrogen and oxygen atoms in total. The number of fused-ring (bicyclic) bond motifs is 2. The number of aryl methyl sites for hydroxylation is 1. The lowest BCUT2D eigenvalue weighted by Gasteiger charge is -2.07. The number of para-hydroxylation sites is 2. The number of rotatable bonds is 4. The minimum atomic E-state index is 0.289. The molecule has 0 aliphatic rings. The Hall–Kier alpha value is -3.67. The van der Waals surface area contributed by atoms with Crippen molar-refractivity contribution >= 4 is 22.1 Å². The summed E-state index contributed by atoms with van der Waals surface area (Å²) in [5.41, 5.74) is 5.26. The second-order valence-corrected chi connectivity index (χ2v) is 6.23. The van der Waals surface area contributed by atoms with E-state index in [1.54, 1.807) is 4.68 Å². The van der Waals surface area contributed by atoms with E-state index in [-0.39, 0.29) is 6.73 Å². The minimum absolute atomic E-state index is 0.289. The normalized spacial score (nSPS) is 11.3. The predicted molar refractivity (Wildman–Crippen MR) is 102 cm³/mol. The molecule has 0 aliphatic carbocycles. The van der Waals surface area contributed by atoms with E-state index in [2.05, 4.69) is 15.3 Å². The molecular weight excluding hydrogens is 340 g/mol. The van der Waals surface area contributed by atoms with Crippen LogP contribution in [-0.4, -0.2) is 20.0 Å². The number of aromatic nitrogens is 4. The van der Waals surface area contributed by atoms with E-state index in [1.165, 1.54) is 0 Å². The summed E-state index contributed by atoms with van der Waals surface area (Å²) in [5, 5.41) is 8.68. The lowest BCUT2D eigenvalue weighted by Crippen LogP contribution is -2.06. The molecule has 0 spiro atoms. The summed E-state index contributed by atoms with van der Waals surface area (Å²) < 4.78 is 13.2. The summed E-state index contributed by atoms with van der Waals surface area (Å²) in [6.07, 6.45) is 0. The van der Waals surface area contributed by atoms with E-state index in [9.17, 15) is 0 Å². The Morgan fingerprint density at radius 1 is 0.889 bits per heavy atom. The quantitative estimate of drug-likeness (QED) is 0.471. The SMILES string of the molecule is Cc1nc2c(-c3cccc4c3nnn4COc3ccccc3)cccc2o1. The van der Waals surface area contributed by atoms with Crippen LogP contribution in [0.25, 0.3) is 33.3 Å². The zero-order valence-electron chi connectivity index (χ0n) is 14.7. The number of benzene rings is 3. The van der Waals surface area contributed by atoms with Crippen LogP contribution < -0.4 is 4.74 Å². The number of hydrogen-bond donors (Lipinski definition) is 0. The van der Waals surface area contributed by atoms with E-state index in [4.69, 9.17) is 9.15 Å². The minimum Gasteiger partial charge on any atom is -0.471 e. The molecule has 132 valence electrons. The topological polar surface area (TPSA) is 66.0 Å². The molecule has 2 heterocycles. The first-order valence-corrected chi connectivity index (χ1v) is 8.66. The molecule has 0 atom stereocenters. The van der Waals surface area contributed by atoms with Gasteiger partial charge in [0.2, 0.25) is 0 Å². The Labute approximate surface area is 155 Å². The Balaban J connectivity index is 1.57. The van der Waals surface area contributed by atoms with Crippen molar-refractivity contribution in [3.8, 4) is 16.9 Å². The molecule has 0 saturated heterocycles. The zero-order valence-corrected chi connectivity index (χ0v) is 14.7. The van der Waals surface area contributed by atoms with Gasteiger partial charge in [-0.05, 0) is 24.3 Å². The molecule has 0 saturated carbocycles. The third kappa shape index (κ3) is 2.71. The van der Waals surface area contributed by atoms with Crippen molar-refractivity contribution in [1.29, 1.82) is 0 Å². The summed E-state index contributed by atoms with van der Waals surface area (Å²) in [7, 11) is 0. The van der Waals surface area contributed by atoms with Gasteiger partial charge in [-0.3, -0.25) is 0 Å². The fourth-order valence-corrected chi connectivity index (χ4v) is 3.23. The molecule has 0 fully saturated rings. The molecule has 6 heteroatoms. The van der Waals surface area contributed by atoms with Crippen molar-refractivity contribution in [2.75, 3.05) is 0 Å². The zero-order chi connectivity index (χ0) is 18.2. The van der Waals surface area contributed by atoms with Gasteiger partial charge in [-0.25, -0.2) is 9.67 Å². The van der Waals surface area contributed by atoms with Crippen LogP contribution in [0, 0.1) is 6.92 Å². The predicted octanol–water partition coefficient (Wildman–Crippen LogP) is 4.58. The molecule has 0 bridgehead atoms. The van der Waals surface area contributed by atoms with Crippen molar-refractivity contribution in [2.45, 2.75) is 13.7 Å². The maximum Gasteiger partial charge on any atom is 0.192 e. The van der Waals surface area contributed by atoms with Crippen LogP contribution in [0.2, 0.25) is 0 Å². The van der Waals surface area contributed by atoms with Gasteiger partial charge in [0, 0.05) is 18.1 Å². The van der Waals surface area contributed by atoms with Crippen molar-refractivity contribution in [3.05, 3.63) is 72.6 Å². The molecule has 27 heavy (non-hydrogen) atoms. The fourth-order valence-electron chi connectivity index (χ4n) is 3.23. The van der Waals surface area contributed by atoms with Crippen molar-refractivity contribution in [3.63, 3.8) is 0 Å². The van der Waals surface area contributed by atoms with Gasteiger partial charge < -0.3 is 9.15 Å². The first-order valence-electron chi connectivity index (χ1n) is 8.66. The summed E-state index contributed by atoms with van der Waals surface area (Å²) in [6, 6.07) is 21.6. The molecule has 5 aromatic rings. The smallest absolute Gasteiger partial charge is 0.192 e. The summed E-state index contributed by atoms with van der Waals surface area (Å²) in [4.78, 5) is 4.53. The van der Waals surface area contributed by atoms with Gasteiger partial charge in [0.15, 0.2) is 18.2 Å². The molecule has 5 rings (SSSR count). The molecule has 0 N–H and O–H groups in total. The van der Waals surface area contributed by atoms with Gasteiger partial charge in [-0.1, -0.05) is 47.7 Å². The van der Waals surface area contributed by atoms with Gasteiger partial charge in [0.1, 0.15) is 16.8 Å². The highest BCUT2D eigenvalue weighted by atomic mass is 16.5. The molecular formula is C21H16N4O2. The molecule has 0 amide bonds. The first-order chi connectivity index (χ1) is 13.3. The average molecular weight is 356 g/mol. The van der Waals surface area contributed by atoms with Gasteiger partial charge in [0.25, 0.3) is 0 Å². The van der Waals surface area contributed by atoms with Gasteiger partial charge in [0.05, 0.1) is 5.52 Å². The van der Waals surface area contributed by atoms with E-state index in [0.717, 1.165) is 39.0 Å². The summed E-state index contributed by atoms with van der Waals surface area (Å²) in [6.45, 7) is 2.14. The Morgan fingerprint density at radius 2 is 1.67 bits per heavy atom. The maximum atomic E-state index is 5.81. The van der Waals surface area contributed by atoms with Gasteiger partial charge >= 0.3 is 0 Å². The standard InChI is InChI=1S/C21H16N4O2/c1-14-22-21-17(10-6-12-19(21)27-14)16-9-5-11-18-20(16)23-24-25(18)13-26-15-7-3-2-4-8-15/h2-12H,13H2,1H3. The highest BCUT2D eigenvalue weighted by Crippen LogP contribution is 2.32. The lowest BCUT2D eigenvalue weighted by molar-refractivity contribution is 0.223. The van der Waals surface area contributed by atoms with E-state index in [1.807, 2.05) is 73.7 Å². The van der Waals surface area contributed by atoms with Crippen LogP contribution in [0.3, 0.4) is 0 Å². The number of nitrogens with zero attached hydrogens (tertiary/aromatic N) is 4. The van der Waals surface area contributed by atoms with Crippen LogP contribution in [0.15, 0.2) is 71.1 Å². The van der Waals surface area contributed by atoms with Crippen LogP contribution in [0.5, 0.6) is 5.75 Å². The largest absolute Gasteiger partial charge is 0.471 e. The monoisotopic (exact) mass is 356 g/mol. The summed E-state index contributed by atoms with van der Waals surface area (Å²) >= 11 is 0. The van der Waals surface area contributed by atoms with Gasteiger partial charge in [-0.15, -0.1) is 5.10 Å². The Morgan fingerprint density at radius 3 is 2.52 bits per heavy atom. The van der Waals surface area contributed by atoms with Crippen LogP contribution in [0.4, 0.5) is 0 Å². The van der Waals surface area contributed by atoms with E-state index >= 15 is 0 Å². The third-order valence-corrected chi connectivity index (χ3v) is 4.46. The molecule has 0 unspecified atom stereocenters. The Kier molecular flexibility index (Phi) is 3.60. The highest BCUT2D eigenvalue weighted by Gasteiger charge is 2.15. The van der Waals surface area contributed by atoms with Crippen molar-refractivity contribution in [1.82, 2.24) is 20.0 Å². The van der Waals surface area contributed by atoms with Crippen LogP contribution in [-0.2, 0) is 6.73 Å². The lowest BCUT2D eigenvalue weighted by atomic mass is 10.0. The molecule has 0 radical (unpaired) electrons. The van der Waals surface area contributed by atoms with Crippen LogP contribution in [0.1, 0.15) is 5.89 Å². The first kappa shape index (κ1) is 15.6. The third-order valence-electron chi connectivity index (χ3n) is 4.46. The molecule has 3 aromatic carbocycles. The molecule has 2 aromatic heterocycles. The fraction of sp³-hybridized carbons (Fsp3) is 0.0952. The van der Waals surface area contributed by atoms with Crippen LogP contribution >= 0.6 is 0 Å². The highest BCUT2D eigenvalue weighted by molar-refractivity contribution is 6.00. The number of oxazole rings is 1. The van der Waals surface area contributed by atoms with Crippen molar-refractivity contribution < 1.29 is 9.15 Å². The summed E-state index contributed by atoms with van der Waals surface area (Å²) in [5.74, 6) is 1.43. The Bertz CT molecular complexity index is 1240. The number of hydrogen-bond acceptors (Lipinski definition) is 5. The number of ether oxygens (including phenoxy) is 1. The second kappa shape index (κ2) is 6.25. The van der Waals surface area contributed by atoms with E-state index in [0.29, 0.717) is 5.89 Å². The van der Waals surface area contributed by atoms with Gasteiger partial charge in [-0.2, -0.15) is 0 Å². The molecule has 0 aliphatic heterocycles. The second-order valence-electron chi connectivity index (χ2n) is 6.23. The average Bonchev–Trinajstić information content (AvgIpc) is 3.29.